The van der Waals surface area contributed by atoms with Crippen LogP contribution in [0.15, 0.2) is 10.6 Å². The molecule has 2 aromatic heterocycles. The molecule has 0 spiro atoms. The Kier molecular flexibility index (Phi) is 4.14. The van der Waals surface area contributed by atoms with Crippen molar-refractivity contribution in [3.05, 3.63) is 23.5 Å². The van der Waals surface area contributed by atoms with Gasteiger partial charge in [0.25, 0.3) is 0 Å². The van der Waals surface area contributed by atoms with Crippen LogP contribution in [0, 0.1) is 13.8 Å². The van der Waals surface area contributed by atoms with E-state index in [0.717, 1.165) is 11.6 Å². The topological polar surface area (TPSA) is 89.1 Å². The molecule has 1 N–H and O–H groups in total. The SMILES string of the molecule is Cc1cc(NC(=O)CN(C)Cc2nnc(C)n2C)no1. The second kappa shape index (κ2) is 5.83. The Labute approximate surface area is 116 Å². The Hall–Kier alpha value is -2.22. The molecule has 0 aromatic carbocycles. The molecule has 2 heterocycles. The lowest BCUT2D eigenvalue weighted by Crippen LogP contribution is -2.30. The minimum atomic E-state index is -0.153. The number of carbonyl (C=O) groups is 1. The van der Waals surface area contributed by atoms with Gasteiger partial charge >= 0.3 is 0 Å². The van der Waals surface area contributed by atoms with Crippen molar-refractivity contribution in [1.82, 2.24) is 24.8 Å². The van der Waals surface area contributed by atoms with E-state index >= 15 is 0 Å². The van der Waals surface area contributed by atoms with Crippen LogP contribution in [0.25, 0.3) is 0 Å². The highest BCUT2D eigenvalue weighted by Gasteiger charge is 2.12. The van der Waals surface area contributed by atoms with Gasteiger partial charge in [0, 0.05) is 13.1 Å². The minimum Gasteiger partial charge on any atom is -0.360 e. The number of likely N-dealkylation sites (N-methyl/N-ethyl adjacent to an activating group) is 1. The van der Waals surface area contributed by atoms with Gasteiger partial charge in [-0.1, -0.05) is 5.16 Å². The molecule has 1 amide bonds. The van der Waals surface area contributed by atoms with E-state index in [9.17, 15) is 4.79 Å². The first-order valence-electron chi connectivity index (χ1n) is 6.22. The molecule has 0 saturated heterocycles. The van der Waals surface area contributed by atoms with Crippen LogP contribution in [0.2, 0.25) is 0 Å². The molecule has 0 aliphatic rings. The maximum Gasteiger partial charge on any atom is 0.239 e. The normalized spacial score (nSPS) is 11.1. The van der Waals surface area contributed by atoms with Crippen LogP contribution in [0.5, 0.6) is 0 Å². The Bertz CT molecular complexity index is 603. The number of nitrogens with one attached hydrogen (secondary N) is 1. The summed E-state index contributed by atoms with van der Waals surface area (Å²) >= 11 is 0. The summed E-state index contributed by atoms with van der Waals surface area (Å²) in [6.07, 6.45) is 0. The second-order valence-electron chi connectivity index (χ2n) is 4.77. The second-order valence-corrected chi connectivity index (χ2v) is 4.77. The zero-order valence-electron chi connectivity index (χ0n) is 12.0. The molecular formula is C12H18N6O2. The van der Waals surface area contributed by atoms with Gasteiger partial charge in [-0.2, -0.15) is 0 Å². The van der Waals surface area contributed by atoms with Gasteiger partial charge < -0.3 is 14.4 Å². The van der Waals surface area contributed by atoms with E-state index in [4.69, 9.17) is 4.52 Å². The van der Waals surface area contributed by atoms with Gasteiger partial charge in [-0.15, -0.1) is 10.2 Å². The number of aryl methyl sites for hydroxylation is 2. The molecule has 0 bridgehead atoms. The largest absolute Gasteiger partial charge is 0.360 e. The zero-order valence-corrected chi connectivity index (χ0v) is 12.0. The van der Waals surface area contributed by atoms with E-state index in [-0.39, 0.29) is 12.5 Å². The van der Waals surface area contributed by atoms with Crippen LogP contribution in [0.3, 0.4) is 0 Å². The molecular weight excluding hydrogens is 260 g/mol. The van der Waals surface area contributed by atoms with Gasteiger partial charge in [0.05, 0.1) is 13.1 Å². The molecule has 108 valence electrons. The summed E-state index contributed by atoms with van der Waals surface area (Å²) < 4.78 is 6.78. The Morgan fingerprint density at radius 1 is 1.45 bits per heavy atom. The quantitative estimate of drug-likeness (QED) is 0.856. The van der Waals surface area contributed by atoms with E-state index < -0.39 is 0 Å². The summed E-state index contributed by atoms with van der Waals surface area (Å²) in [4.78, 5) is 13.7. The van der Waals surface area contributed by atoms with Crippen LogP contribution in [0.4, 0.5) is 5.82 Å². The highest BCUT2D eigenvalue weighted by atomic mass is 16.5. The maximum absolute atomic E-state index is 11.8. The van der Waals surface area contributed by atoms with Crippen molar-refractivity contribution in [3.63, 3.8) is 0 Å². The monoisotopic (exact) mass is 278 g/mol. The summed E-state index contributed by atoms with van der Waals surface area (Å²) in [5.74, 6) is 2.59. The molecule has 2 rings (SSSR count). The number of nitrogens with zero attached hydrogens (tertiary/aromatic N) is 5. The van der Waals surface area contributed by atoms with Gasteiger partial charge in [-0.25, -0.2) is 0 Å². The maximum atomic E-state index is 11.8. The fourth-order valence-electron chi connectivity index (χ4n) is 1.74. The van der Waals surface area contributed by atoms with E-state index in [0.29, 0.717) is 18.1 Å². The fraction of sp³-hybridized carbons (Fsp3) is 0.500. The van der Waals surface area contributed by atoms with Gasteiger partial charge in [-0.3, -0.25) is 9.69 Å². The van der Waals surface area contributed by atoms with Crippen molar-refractivity contribution in [2.45, 2.75) is 20.4 Å². The molecule has 8 nitrogen and oxygen atoms in total. The summed E-state index contributed by atoms with van der Waals surface area (Å²) in [5, 5.41) is 14.4. The third-order valence-corrected chi connectivity index (χ3v) is 2.90. The highest BCUT2D eigenvalue weighted by Crippen LogP contribution is 2.07. The molecule has 2 aromatic rings. The lowest BCUT2D eigenvalue weighted by atomic mass is 10.4. The van der Waals surface area contributed by atoms with E-state index in [1.807, 2.05) is 30.5 Å². The summed E-state index contributed by atoms with van der Waals surface area (Å²) in [5.41, 5.74) is 0. The zero-order chi connectivity index (χ0) is 14.7. The number of rotatable bonds is 5. The van der Waals surface area contributed by atoms with Crippen molar-refractivity contribution in [2.24, 2.45) is 7.05 Å². The van der Waals surface area contributed by atoms with E-state index in [1.165, 1.54) is 0 Å². The molecule has 8 heteroatoms. The number of aromatic nitrogens is 4. The molecule has 0 radical (unpaired) electrons. The van der Waals surface area contributed by atoms with Crippen molar-refractivity contribution in [1.29, 1.82) is 0 Å². The molecule has 0 unspecified atom stereocenters. The number of hydrogen-bond acceptors (Lipinski definition) is 6. The van der Waals surface area contributed by atoms with Crippen molar-refractivity contribution in [2.75, 3.05) is 18.9 Å². The van der Waals surface area contributed by atoms with Crippen molar-refractivity contribution < 1.29 is 9.32 Å². The average Bonchev–Trinajstić information content (AvgIpc) is 2.90. The summed E-state index contributed by atoms with van der Waals surface area (Å²) in [7, 11) is 3.74. The van der Waals surface area contributed by atoms with Gasteiger partial charge in [0.15, 0.2) is 5.82 Å². The summed E-state index contributed by atoms with van der Waals surface area (Å²) in [6, 6.07) is 1.67. The van der Waals surface area contributed by atoms with Gasteiger partial charge in [-0.05, 0) is 20.9 Å². The van der Waals surface area contributed by atoms with Crippen LogP contribution >= 0.6 is 0 Å². The number of anilines is 1. The van der Waals surface area contributed by atoms with Gasteiger partial charge in [0.1, 0.15) is 17.4 Å². The summed E-state index contributed by atoms with van der Waals surface area (Å²) in [6.45, 7) is 4.43. The van der Waals surface area contributed by atoms with Crippen LogP contribution < -0.4 is 5.32 Å². The Balaban J connectivity index is 1.86. The first-order valence-corrected chi connectivity index (χ1v) is 6.22. The van der Waals surface area contributed by atoms with Crippen LogP contribution in [0.1, 0.15) is 17.4 Å². The van der Waals surface area contributed by atoms with E-state index in [1.54, 1.807) is 13.0 Å². The lowest BCUT2D eigenvalue weighted by molar-refractivity contribution is -0.117. The number of carbonyl (C=O) groups excluding carboxylic acids is 1. The molecule has 0 saturated carbocycles. The van der Waals surface area contributed by atoms with Crippen LogP contribution in [-0.2, 0) is 18.4 Å². The molecule has 0 atom stereocenters. The number of hydrogen-bond donors (Lipinski definition) is 1. The van der Waals surface area contributed by atoms with Gasteiger partial charge in [0.2, 0.25) is 5.91 Å². The average molecular weight is 278 g/mol. The third kappa shape index (κ3) is 3.41. The third-order valence-electron chi connectivity index (χ3n) is 2.90. The molecule has 0 aliphatic heterocycles. The predicted molar refractivity (Wildman–Crippen MR) is 71.9 cm³/mol. The molecule has 0 fully saturated rings. The van der Waals surface area contributed by atoms with Crippen LogP contribution in [-0.4, -0.2) is 44.3 Å². The molecule has 0 aliphatic carbocycles. The van der Waals surface area contributed by atoms with Crippen molar-refractivity contribution in [3.8, 4) is 0 Å². The smallest absolute Gasteiger partial charge is 0.239 e. The van der Waals surface area contributed by atoms with E-state index in [2.05, 4.69) is 20.7 Å². The fourth-order valence-corrected chi connectivity index (χ4v) is 1.74. The first-order chi connectivity index (χ1) is 9.45. The first kappa shape index (κ1) is 14.2. The highest BCUT2D eigenvalue weighted by molar-refractivity contribution is 5.91. The molecule has 20 heavy (non-hydrogen) atoms. The number of amides is 1. The van der Waals surface area contributed by atoms with Crippen molar-refractivity contribution >= 4 is 11.7 Å². The lowest BCUT2D eigenvalue weighted by Gasteiger charge is -2.14. The minimum absolute atomic E-state index is 0.153. The standard InChI is InChI=1S/C12H18N6O2/c1-8-5-10(16-20-8)13-12(19)7-17(3)6-11-15-14-9(2)18(11)4/h5H,6-7H2,1-4H3,(H,13,16,19). The predicted octanol–water partition coefficient (Wildman–Crippen LogP) is 0.490. The Morgan fingerprint density at radius 3 is 2.75 bits per heavy atom. The Morgan fingerprint density at radius 2 is 2.20 bits per heavy atom.